The third-order valence-electron chi connectivity index (χ3n) is 3.34. The summed E-state index contributed by atoms with van der Waals surface area (Å²) in [6, 6.07) is 7.73. The summed E-state index contributed by atoms with van der Waals surface area (Å²) in [5.74, 6) is -0.321. The van der Waals surface area contributed by atoms with E-state index in [-0.39, 0.29) is 0 Å². The van der Waals surface area contributed by atoms with E-state index < -0.39 is 12.0 Å². The Kier molecular flexibility index (Phi) is 3.25. The van der Waals surface area contributed by atoms with E-state index in [1.165, 1.54) is 11.1 Å². The normalized spacial score (nSPS) is 17.1. The van der Waals surface area contributed by atoms with Crippen LogP contribution in [-0.2, 0) is 17.6 Å². The molecule has 0 heterocycles. The molecule has 0 unspecified atom stereocenters. The fourth-order valence-electron chi connectivity index (χ4n) is 2.39. The highest BCUT2D eigenvalue weighted by molar-refractivity contribution is 5.72. The second-order valence-electron chi connectivity index (χ2n) is 4.57. The number of benzene rings is 1. The molecule has 86 valence electrons. The molecular weight excluding hydrogens is 202 g/mol. The molecule has 1 aliphatic rings. The van der Waals surface area contributed by atoms with E-state index in [9.17, 15) is 4.79 Å². The van der Waals surface area contributed by atoms with Gasteiger partial charge in [-0.2, -0.15) is 0 Å². The highest BCUT2D eigenvalue weighted by Crippen LogP contribution is 2.29. The minimum absolute atomic E-state index is 0.572. The first-order valence-corrected chi connectivity index (χ1v) is 5.72. The molecule has 0 amide bonds. The lowest BCUT2D eigenvalue weighted by molar-refractivity contribution is -0.138. The van der Waals surface area contributed by atoms with Gasteiger partial charge in [0.15, 0.2) is 0 Å². The highest BCUT2D eigenvalue weighted by atomic mass is 16.4. The highest BCUT2D eigenvalue weighted by Gasteiger charge is 2.22. The summed E-state index contributed by atoms with van der Waals surface area (Å²) in [5, 5.41) is 8.70. The van der Waals surface area contributed by atoms with E-state index in [1.807, 2.05) is 0 Å². The number of carbonyl (C=O) groups is 1. The van der Waals surface area contributed by atoms with E-state index in [0.29, 0.717) is 12.3 Å². The molecule has 3 N–H and O–H groups in total. The molecule has 0 aliphatic heterocycles. The van der Waals surface area contributed by atoms with Crippen LogP contribution in [0.4, 0.5) is 0 Å². The lowest BCUT2D eigenvalue weighted by Crippen LogP contribution is -2.30. The first-order valence-electron chi connectivity index (χ1n) is 5.72. The summed E-state index contributed by atoms with van der Waals surface area (Å²) in [6.07, 6.45) is 3.63. The van der Waals surface area contributed by atoms with Crippen molar-refractivity contribution in [1.82, 2.24) is 0 Å². The Morgan fingerprint density at radius 1 is 1.38 bits per heavy atom. The first-order chi connectivity index (χ1) is 7.66. The van der Waals surface area contributed by atoms with Crippen molar-refractivity contribution in [2.24, 2.45) is 11.7 Å². The molecule has 2 rings (SSSR count). The summed E-state index contributed by atoms with van der Waals surface area (Å²) in [5.41, 5.74) is 8.33. The Morgan fingerprint density at radius 3 is 2.44 bits per heavy atom. The number of nitrogens with two attached hydrogens (primary N) is 1. The van der Waals surface area contributed by atoms with Crippen molar-refractivity contribution in [2.75, 3.05) is 0 Å². The number of carboxylic acids is 1. The molecule has 0 spiro atoms. The quantitative estimate of drug-likeness (QED) is 0.808. The molecule has 1 atom stereocenters. The van der Waals surface area contributed by atoms with Gasteiger partial charge in [0.05, 0.1) is 0 Å². The van der Waals surface area contributed by atoms with Crippen molar-refractivity contribution in [3.63, 3.8) is 0 Å². The van der Waals surface area contributed by atoms with Gasteiger partial charge in [-0.25, -0.2) is 0 Å². The van der Waals surface area contributed by atoms with Crippen LogP contribution in [0, 0.1) is 5.92 Å². The molecule has 3 heteroatoms. The zero-order chi connectivity index (χ0) is 11.5. The maximum atomic E-state index is 10.6. The molecular formula is C13H17NO2. The van der Waals surface area contributed by atoms with E-state index in [4.69, 9.17) is 10.8 Å². The van der Waals surface area contributed by atoms with Crippen molar-refractivity contribution in [2.45, 2.75) is 31.7 Å². The lowest BCUT2D eigenvalue weighted by atomic mass is 9.97. The SMILES string of the molecule is N[C@@H](CCC1Cc2ccccc2C1)C(=O)O. The molecule has 0 saturated carbocycles. The molecule has 0 aromatic heterocycles. The Hall–Kier alpha value is -1.35. The van der Waals surface area contributed by atoms with Crippen molar-refractivity contribution >= 4 is 5.97 Å². The topological polar surface area (TPSA) is 63.3 Å². The minimum Gasteiger partial charge on any atom is -0.480 e. The molecule has 1 aromatic rings. The van der Waals surface area contributed by atoms with Gasteiger partial charge in [0.2, 0.25) is 0 Å². The van der Waals surface area contributed by atoms with Crippen LogP contribution < -0.4 is 5.73 Å². The molecule has 1 aromatic carbocycles. The molecule has 3 nitrogen and oxygen atoms in total. The molecule has 0 radical (unpaired) electrons. The van der Waals surface area contributed by atoms with Gasteiger partial charge in [-0.15, -0.1) is 0 Å². The fourth-order valence-corrected chi connectivity index (χ4v) is 2.39. The van der Waals surface area contributed by atoms with E-state index in [0.717, 1.165) is 19.3 Å². The zero-order valence-corrected chi connectivity index (χ0v) is 9.23. The van der Waals surface area contributed by atoms with Crippen molar-refractivity contribution < 1.29 is 9.90 Å². The maximum Gasteiger partial charge on any atom is 0.320 e. The summed E-state index contributed by atoms with van der Waals surface area (Å²) in [7, 11) is 0. The van der Waals surface area contributed by atoms with E-state index >= 15 is 0 Å². The zero-order valence-electron chi connectivity index (χ0n) is 9.23. The summed E-state index contributed by atoms with van der Waals surface area (Å²) in [4.78, 5) is 10.6. The number of fused-ring (bicyclic) bond motifs is 1. The van der Waals surface area contributed by atoms with Crippen LogP contribution in [0.25, 0.3) is 0 Å². The third kappa shape index (κ3) is 2.42. The van der Waals surface area contributed by atoms with Crippen LogP contribution in [0.1, 0.15) is 24.0 Å². The van der Waals surface area contributed by atoms with Gasteiger partial charge in [0, 0.05) is 0 Å². The van der Waals surface area contributed by atoms with Crippen molar-refractivity contribution in [3.8, 4) is 0 Å². The molecule has 0 saturated heterocycles. The van der Waals surface area contributed by atoms with Gasteiger partial charge in [-0.3, -0.25) is 4.79 Å². The summed E-state index contributed by atoms with van der Waals surface area (Å²) < 4.78 is 0. The van der Waals surface area contributed by atoms with Crippen LogP contribution in [-0.4, -0.2) is 17.1 Å². The Bertz CT molecular complexity index is 364. The minimum atomic E-state index is -0.893. The number of aliphatic carboxylic acids is 1. The molecule has 16 heavy (non-hydrogen) atoms. The van der Waals surface area contributed by atoms with Gasteiger partial charge in [-0.05, 0) is 42.7 Å². The Morgan fingerprint density at radius 2 is 1.94 bits per heavy atom. The Balaban J connectivity index is 1.86. The second-order valence-corrected chi connectivity index (χ2v) is 4.57. The molecule has 0 fully saturated rings. The lowest BCUT2D eigenvalue weighted by Gasteiger charge is -2.10. The average molecular weight is 219 g/mol. The standard InChI is InChI=1S/C13H17NO2/c14-12(13(15)16)6-5-9-7-10-3-1-2-4-11(10)8-9/h1-4,9,12H,5-8,14H2,(H,15,16)/t12-/m0/s1. The number of hydrogen-bond acceptors (Lipinski definition) is 2. The number of rotatable bonds is 4. The van der Waals surface area contributed by atoms with Crippen LogP contribution >= 0.6 is 0 Å². The summed E-state index contributed by atoms with van der Waals surface area (Å²) in [6.45, 7) is 0. The first kappa shape index (κ1) is 11.1. The number of carboxylic acid groups (broad SMARTS) is 1. The van der Waals surface area contributed by atoms with Crippen LogP contribution in [0.5, 0.6) is 0 Å². The third-order valence-corrected chi connectivity index (χ3v) is 3.34. The maximum absolute atomic E-state index is 10.6. The van der Waals surface area contributed by atoms with Gasteiger partial charge in [-0.1, -0.05) is 24.3 Å². The van der Waals surface area contributed by atoms with Crippen molar-refractivity contribution in [1.29, 1.82) is 0 Å². The largest absolute Gasteiger partial charge is 0.480 e. The molecule has 1 aliphatic carbocycles. The van der Waals surface area contributed by atoms with Crippen LogP contribution in [0.15, 0.2) is 24.3 Å². The van der Waals surface area contributed by atoms with Crippen LogP contribution in [0.2, 0.25) is 0 Å². The van der Waals surface area contributed by atoms with Crippen LogP contribution in [0.3, 0.4) is 0 Å². The van der Waals surface area contributed by atoms with Crippen molar-refractivity contribution in [3.05, 3.63) is 35.4 Å². The van der Waals surface area contributed by atoms with Gasteiger partial charge >= 0.3 is 5.97 Å². The van der Waals surface area contributed by atoms with E-state index in [2.05, 4.69) is 24.3 Å². The fraction of sp³-hybridized carbons (Fsp3) is 0.462. The van der Waals surface area contributed by atoms with Gasteiger partial charge < -0.3 is 10.8 Å². The predicted octanol–water partition coefficient (Wildman–Crippen LogP) is 1.59. The molecule has 0 bridgehead atoms. The van der Waals surface area contributed by atoms with Gasteiger partial charge in [0.1, 0.15) is 6.04 Å². The predicted molar refractivity (Wildman–Crippen MR) is 62.2 cm³/mol. The smallest absolute Gasteiger partial charge is 0.320 e. The van der Waals surface area contributed by atoms with Gasteiger partial charge in [0.25, 0.3) is 0 Å². The Labute approximate surface area is 95.3 Å². The second kappa shape index (κ2) is 4.66. The number of hydrogen-bond donors (Lipinski definition) is 2. The monoisotopic (exact) mass is 219 g/mol. The van der Waals surface area contributed by atoms with E-state index in [1.54, 1.807) is 0 Å². The summed E-state index contributed by atoms with van der Waals surface area (Å²) >= 11 is 0. The average Bonchev–Trinajstić information content (AvgIpc) is 2.68.